The van der Waals surface area contributed by atoms with Crippen LogP contribution in [0.15, 0.2) is 35.2 Å². The highest BCUT2D eigenvalue weighted by atomic mass is 79.9. The Labute approximate surface area is 121 Å². The van der Waals surface area contributed by atoms with E-state index in [1.807, 2.05) is 0 Å². The average Bonchev–Trinajstić information content (AvgIpc) is 2.34. The number of rotatable bonds is 2. The molecule has 0 fully saturated rings. The molecule has 1 N–H and O–H groups in total. The molecule has 18 heavy (non-hydrogen) atoms. The van der Waals surface area contributed by atoms with Crippen molar-refractivity contribution in [2.75, 3.05) is 5.32 Å². The molecule has 1 amide bonds. The molecule has 0 radical (unpaired) electrons. The molecule has 0 saturated carbocycles. The molecule has 92 valence electrons. The molecule has 0 aliphatic heterocycles. The fourth-order valence-corrected chi connectivity index (χ4v) is 1.90. The molecule has 2 rings (SSSR count). The van der Waals surface area contributed by atoms with Crippen LogP contribution in [0.2, 0.25) is 10.2 Å². The maximum absolute atomic E-state index is 11.9. The van der Waals surface area contributed by atoms with Gasteiger partial charge in [-0.3, -0.25) is 9.78 Å². The number of nitrogens with one attached hydrogen (secondary N) is 1. The van der Waals surface area contributed by atoms with Gasteiger partial charge < -0.3 is 5.32 Å². The predicted octanol–water partition coefficient (Wildman–Crippen LogP) is 3.80. The number of amides is 1. The minimum absolute atomic E-state index is 0.288. The van der Waals surface area contributed by atoms with E-state index in [2.05, 4.69) is 31.2 Å². The minimum atomic E-state index is -0.335. The van der Waals surface area contributed by atoms with Gasteiger partial charge in [0.15, 0.2) is 0 Å². The van der Waals surface area contributed by atoms with Gasteiger partial charge >= 0.3 is 0 Å². The molecule has 0 spiro atoms. The number of carbonyl (C=O) groups excluding carboxylic acids is 1. The van der Waals surface area contributed by atoms with Gasteiger partial charge in [-0.15, -0.1) is 0 Å². The first-order valence-electron chi connectivity index (χ1n) is 4.80. The average molecular weight is 347 g/mol. The maximum atomic E-state index is 11.9. The molecule has 0 atom stereocenters. The van der Waals surface area contributed by atoms with E-state index in [0.29, 0.717) is 20.9 Å². The Morgan fingerprint density at radius 1 is 1.33 bits per heavy atom. The lowest BCUT2D eigenvalue weighted by molar-refractivity contribution is 0.102. The van der Waals surface area contributed by atoms with E-state index in [0.717, 1.165) is 0 Å². The summed E-state index contributed by atoms with van der Waals surface area (Å²) in [6.07, 6.45) is 4.36. The fourth-order valence-electron chi connectivity index (χ4n) is 1.25. The number of aromatic nitrogens is 2. The Hall–Kier alpha value is -1.17. The summed E-state index contributed by atoms with van der Waals surface area (Å²) in [4.78, 5) is 19.6. The van der Waals surface area contributed by atoms with Crippen LogP contribution in [0, 0.1) is 0 Å². The number of hydrogen-bond donors (Lipinski definition) is 1. The highest BCUT2D eigenvalue weighted by Gasteiger charge is 2.11. The number of hydrogen-bond acceptors (Lipinski definition) is 3. The molecule has 2 aromatic heterocycles. The third-order valence-electron chi connectivity index (χ3n) is 2.07. The van der Waals surface area contributed by atoms with Crippen LogP contribution < -0.4 is 5.32 Å². The minimum Gasteiger partial charge on any atom is -0.321 e. The Morgan fingerprint density at radius 3 is 2.78 bits per heavy atom. The molecule has 0 aliphatic rings. The Bertz CT molecular complexity index is 607. The van der Waals surface area contributed by atoms with E-state index in [-0.39, 0.29) is 10.9 Å². The highest BCUT2D eigenvalue weighted by molar-refractivity contribution is 9.10. The third kappa shape index (κ3) is 2.98. The number of halogens is 3. The molecule has 0 unspecified atom stereocenters. The molecule has 0 saturated heterocycles. The van der Waals surface area contributed by atoms with Gasteiger partial charge in [-0.2, -0.15) is 0 Å². The van der Waals surface area contributed by atoms with Gasteiger partial charge in [0.25, 0.3) is 5.91 Å². The zero-order chi connectivity index (χ0) is 13.1. The molecular formula is C11H6BrCl2N3O. The standard InChI is InChI=1S/C11H6BrCl2N3O/c12-8-3-6(4-16-10(8)14)17-11(18)7-1-2-15-5-9(7)13/h1-5H,(H,17,18). The van der Waals surface area contributed by atoms with Crippen LogP contribution in [0.25, 0.3) is 0 Å². The van der Waals surface area contributed by atoms with Gasteiger partial charge in [0.1, 0.15) is 5.15 Å². The zero-order valence-electron chi connectivity index (χ0n) is 8.82. The molecule has 0 bridgehead atoms. The molecule has 0 aromatic carbocycles. The summed E-state index contributed by atoms with van der Waals surface area (Å²) >= 11 is 14.9. The first-order chi connectivity index (χ1) is 8.58. The van der Waals surface area contributed by atoms with Crippen molar-refractivity contribution in [2.45, 2.75) is 0 Å². The Balaban J connectivity index is 2.22. The summed E-state index contributed by atoms with van der Waals surface area (Å²) in [6.45, 7) is 0. The second-order valence-corrected chi connectivity index (χ2v) is 4.93. The van der Waals surface area contributed by atoms with Crippen molar-refractivity contribution in [3.05, 3.63) is 50.9 Å². The smallest absolute Gasteiger partial charge is 0.257 e. The van der Waals surface area contributed by atoms with Crippen molar-refractivity contribution in [1.29, 1.82) is 0 Å². The second kappa shape index (κ2) is 5.65. The SMILES string of the molecule is O=C(Nc1cnc(Cl)c(Br)c1)c1ccncc1Cl. The molecule has 2 heterocycles. The second-order valence-electron chi connectivity index (χ2n) is 3.31. The van der Waals surface area contributed by atoms with Crippen LogP contribution in [0.1, 0.15) is 10.4 Å². The van der Waals surface area contributed by atoms with Crippen molar-refractivity contribution in [1.82, 2.24) is 9.97 Å². The van der Waals surface area contributed by atoms with Gasteiger partial charge in [-0.1, -0.05) is 23.2 Å². The molecule has 2 aromatic rings. The van der Waals surface area contributed by atoms with Crippen LogP contribution in [0.5, 0.6) is 0 Å². The van der Waals surface area contributed by atoms with E-state index in [1.165, 1.54) is 24.7 Å². The fraction of sp³-hybridized carbons (Fsp3) is 0. The van der Waals surface area contributed by atoms with Crippen molar-refractivity contribution < 1.29 is 4.79 Å². The van der Waals surface area contributed by atoms with Crippen LogP contribution in [-0.2, 0) is 0 Å². The van der Waals surface area contributed by atoms with Crippen molar-refractivity contribution in [3.63, 3.8) is 0 Å². The largest absolute Gasteiger partial charge is 0.321 e. The van der Waals surface area contributed by atoms with Gasteiger partial charge in [-0.05, 0) is 28.1 Å². The number of anilines is 1. The van der Waals surface area contributed by atoms with Crippen molar-refractivity contribution >= 4 is 50.7 Å². The zero-order valence-corrected chi connectivity index (χ0v) is 11.9. The van der Waals surface area contributed by atoms with E-state index < -0.39 is 0 Å². The Morgan fingerprint density at radius 2 is 2.11 bits per heavy atom. The van der Waals surface area contributed by atoms with Gasteiger partial charge in [0, 0.05) is 12.4 Å². The van der Waals surface area contributed by atoms with E-state index in [9.17, 15) is 4.79 Å². The van der Waals surface area contributed by atoms with Crippen LogP contribution >= 0.6 is 39.1 Å². The lowest BCUT2D eigenvalue weighted by Gasteiger charge is -2.06. The van der Waals surface area contributed by atoms with E-state index >= 15 is 0 Å². The molecular weight excluding hydrogens is 341 g/mol. The lowest BCUT2D eigenvalue weighted by Crippen LogP contribution is -2.12. The quantitative estimate of drug-likeness (QED) is 0.841. The van der Waals surface area contributed by atoms with Crippen LogP contribution in [0.3, 0.4) is 0 Å². The predicted molar refractivity (Wildman–Crippen MR) is 74.1 cm³/mol. The summed E-state index contributed by atoms with van der Waals surface area (Å²) < 4.78 is 0.600. The number of pyridine rings is 2. The summed E-state index contributed by atoms with van der Waals surface area (Å²) in [6, 6.07) is 3.19. The highest BCUT2D eigenvalue weighted by Crippen LogP contribution is 2.23. The van der Waals surface area contributed by atoms with E-state index in [4.69, 9.17) is 23.2 Å². The summed E-state index contributed by atoms with van der Waals surface area (Å²) in [5.74, 6) is -0.335. The monoisotopic (exact) mass is 345 g/mol. The van der Waals surface area contributed by atoms with Crippen molar-refractivity contribution in [3.8, 4) is 0 Å². The molecule has 4 nitrogen and oxygen atoms in total. The van der Waals surface area contributed by atoms with E-state index in [1.54, 1.807) is 6.07 Å². The summed E-state index contributed by atoms with van der Waals surface area (Å²) in [5.41, 5.74) is 0.863. The first kappa shape index (κ1) is 13.3. The molecule has 0 aliphatic carbocycles. The number of nitrogens with zero attached hydrogens (tertiary/aromatic N) is 2. The van der Waals surface area contributed by atoms with Crippen molar-refractivity contribution in [2.24, 2.45) is 0 Å². The lowest BCUT2D eigenvalue weighted by atomic mass is 10.2. The van der Waals surface area contributed by atoms with Gasteiger partial charge in [0.05, 0.1) is 26.9 Å². The topological polar surface area (TPSA) is 54.9 Å². The van der Waals surface area contributed by atoms with Gasteiger partial charge in [0.2, 0.25) is 0 Å². The normalized spacial score (nSPS) is 10.2. The molecule has 7 heteroatoms. The Kier molecular flexibility index (Phi) is 4.16. The van der Waals surface area contributed by atoms with Crippen LogP contribution in [-0.4, -0.2) is 15.9 Å². The van der Waals surface area contributed by atoms with Gasteiger partial charge in [-0.25, -0.2) is 4.98 Å². The first-order valence-corrected chi connectivity index (χ1v) is 6.34. The summed E-state index contributed by atoms with van der Waals surface area (Å²) in [7, 11) is 0. The van der Waals surface area contributed by atoms with Crippen LogP contribution in [0.4, 0.5) is 5.69 Å². The maximum Gasteiger partial charge on any atom is 0.257 e. The number of carbonyl (C=O) groups is 1. The summed E-state index contributed by atoms with van der Waals surface area (Å²) in [5, 5.41) is 3.28. The third-order valence-corrected chi connectivity index (χ3v) is 3.51.